The number of benzene rings is 2. The molecule has 3 heterocycles. The maximum atomic E-state index is 13.7. The summed E-state index contributed by atoms with van der Waals surface area (Å²) in [6.07, 6.45) is -10.1. The van der Waals surface area contributed by atoms with Crippen molar-refractivity contribution in [2.24, 2.45) is 0 Å². The Bertz CT molecular complexity index is 1250. The van der Waals surface area contributed by atoms with Crippen LogP contribution in [0.4, 0.5) is 30.7 Å². The molecule has 0 aliphatic carbocycles. The smallest absolute Gasteiger partial charge is 0.370 e. The number of fused-ring (bicyclic) bond motifs is 1. The van der Waals surface area contributed by atoms with E-state index in [1.807, 2.05) is 4.57 Å². The van der Waals surface area contributed by atoms with Gasteiger partial charge in [-0.1, -0.05) is 12.1 Å². The Labute approximate surface area is 213 Å². The van der Waals surface area contributed by atoms with E-state index in [0.29, 0.717) is 42.5 Å². The highest BCUT2D eigenvalue weighted by atomic mass is 19.4. The summed E-state index contributed by atoms with van der Waals surface area (Å²) >= 11 is 0. The molecule has 4 atom stereocenters. The van der Waals surface area contributed by atoms with Crippen LogP contribution in [-0.4, -0.2) is 27.5 Å². The molecule has 3 aromatic rings. The van der Waals surface area contributed by atoms with E-state index in [9.17, 15) is 30.7 Å². The van der Waals surface area contributed by atoms with E-state index >= 15 is 0 Å². The van der Waals surface area contributed by atoms with Crippen molar-refractivity contribution in [3.8, 4) is 0 Å². The molecule has 1 aromatic heterocycles. The van der Waals surface area contributed by atoms with Gasteiger partial charge < -0.3 is 14.0 Å². The van der Waals surface area contributed by atoms with Gasteiger partial charge in [0.15, 0.2) is 5.82 Å². The second kappa shape index (κ2) is 9.96. The van der Waals surface area contributed by atoms with Crippen LogP contribution in [0.5, 0.6) is 0 Å². The fourth-order valence-electron chi connectivity index (χ4n) is 5.08. The number of ether oxygens (including phenoxy) is 2. The number of hydrogen-bond acceptors (Lipinski definition) is 4. The summed E-state index contributed by atoms with van der Waals surface area (Å²) in [5.41, 5.74) is -2.35. The highest BCUT2D eigenvalue weighted by Crippen LogP contribution is 2.40. The molecule has 12 heteroatoms. The zero-order valence-electron chi connectivity index (χ0n) is 20.2. The van der Waals surface area contributed by atoms with Crippen molar-refractivity contribution >= 4 is 0 Å². The molecule has 1 unspecified atom stereocenters. The van der Waals surface area contributed by atoms with Crippen molar-refractivity contribution in [1.29, 1.82) is 0 Å². The van der Waals surface area contributed by atoms with Crippen molar-refractivity contribution in [3.05, 3.63) is 82.2 Å². The van der Waals surface area contributed by atoms with Crippen molar-refractivity contribution in [3.63, 3.8) is 0 Å². The highest BCUT2D eigenvalue weighted by molar-refractivity contribution is 5.35. The highest BCUT2D eigenvalue weighted by Gasteiger charge is 2.39. The first-order valence-corrected chi connectivity index (χ1v) is 12.1. The molecule has 0 N–H and O–H groups in total. The SMILES string of the molecule is C[C@@H](O[C@H]1Cc2nnc(C3CCCO3)n2C[C@@H]1c1ccc(F)cc1)c1cc(C(F)(F)F)cc(C(F)(F)F)c1. The lowest BCUT2D eigenvalue weighted by Gasteiger charge is -2.35. The maximum Gasteiger partial charge on any atom is 0.416 e. The third-order valence-corrected chi connectivity index (χ3v) is 7.04. The Balaban J connectivity index is 1.48. The third kappa shape index (κ3) is 5.42. The molecule has 2 aliphatic rings. The zero-order chi connectivity index (χ0) is 27.2. The largest absolute Gasteiger partial charge is 0.416 e. The Morgan fingerprint density at radius 2 is 1.63 bits per heavy atom. The summed E-state index contributed by atoms with van der Waals surface area (Å²) in [6.45, 7) is 2.35. The van der Waals surface area contributed by atoms with Gasteiger partial charge in [-0.05, 0) is 61.2 Å². The molecule has 0 spiro atoms. The monoisotopic (exact) mass is 543 g/mol. The Morgan fingerprint density at radius 3 is 2.21 bits per heavy atom. The molecule has 0 bridgehead atoms. The molecule has 0 saturated carbocycles. The number of nitrogens with zero attached hydrogens (tertiary/aromatic N) is 3. The van der Waals surface area contributed by atoms with Gasteiger partial charge >= 0.3 is 12.4 Å². The molecule has 1 saturated heterocycles. The first kappa shape index (κ1) is 26.6. The van der Waals surface area contributed by atoms with Gasteiger partial charge in [-0.15, -0.1) is 10.2 Å². The second-order valence-corrected chi connectivity index (χ2v) is 9.60. The number of aromatic nitrogens is 3. The van der Waals surface area contributed by atoms with Crippen LogP contribution in [0.25, 0.3) is 0 Å². The van der Waals surface area contributed by atoms with Crippen LogP contribution in [0.1, 0.15) is 71.8 Å². The lowest BCUT2D eigenvalue weighted by molar-refractivity contribution is -0.143. The molecule has 0 amide bonds. The predicted molar refractivity (Wildman–Crippen MR) is 121 cm³/mol. The topological polar surface area (TPSA) is 49.2 Å². The number of halogens is 7. The maximum absolute atomic E-state index is 13.7. The van der Waals surface area contributed by atoms with E-state index in [4.69, 9.17) is 9.47 Å². The van der Waals surface area contributed by atoms with E-state index in [1.165, 1.54) is 19.1 Å². The molecule has 5 rings (SSSR count). The molecule has 2 aliphatic heterocycles. The number of rotatable bonds is 5. The van der Waals surface area contributed by atoms with E-state index in [2.05, 4.69) is 10.2 Å². The van der Waals surface area contributed by atoms with Crippen molar-refractivity contribution in [1.82, 2.24) is 14.8 Å². The van der Waals surface area contributed by atoms with Crippen LogP contribution < -0.4 is 0 Å². The molecule has 204 valence electrons. The molecule has 2 aromatic carbocycles. The first-order chi connectivity index (χ1) is 17.9. The summed E-state index contributed by atoms with van der Waals surface area (Å²) in [4.78, 5) is 0. The van der Waals surface area contributed by atoms with Crippen molar-refractivity contribution < 1.29 is 40.2 Å². The molecular weight excluding hydrogens is 519 g/mol. The van der Waals surface area contributed by atoms with Crippen LogP contribution in [0.15, 0.2) is 42.5 Å². The fraction of sp³-hybridized carbons (Fsp3) is 0.462. The lowest BCUT2D eigenvalue weighted by atomic mass is 9.88. The van der Waals surface area contributed by atoms with E-state index in [1.54, 1.807) is 12.1 Å². The van der Waals surface area contributed by atoms with Gasteiger partial charge in [-0.3, -0.25) is 0 Å². The van der Waals surface area contributed by atoms with Gasteiger partial charge in [0.1, 0.15) is 17.7 Å². The van der Waals surface area contributed by atoms with Gasteiger partial charge in [0, 0.05) is 25.5 Å². The lowest BCUT2D eigenvalue weighted by Crippen LogP contribution is -2.36. The summed E-state index contributed by atoms with van der Waals surface area (Å²) in [6, 6.07) is 7.21. The summed E-state index contributed by atoms with van der Waals surface area (Å²) in [5, 5.41) is 8.56. The average molecular weight is 543 g/mol. The quantitative estimate of drug-likeness (QED) is 0.333. The summed E-state index contributed by atoms with van der Waals surface area (Å²) < 4.78 is 108. The molecule has 1 fully saturated rings. The second-order valence-electron chi connectivity index (χ2n) is 9.60. The zero-order valence-corrected chi connectivity index (χ0v) is 20.2. The summed E-state index contributed by atoms with van der Waals surface area (Å²) in [7, 11) is 0. The molecular formula is C26H24F7N3O2. The van der Waals surface area contributed by atoms with Gasteiger partial charge in [-0.25, -0.2) is 4.39 Å². The fourth-order valence-corrected chi connectivity index (χ4v) is 5.08. The van der Waals surface area contributed by atoms with Gasteiger partial charge in [0.05, 0.1) is 23.3 Å². The summed E-state index contributed by atoms with van der Waals surface area (Å²) in [5.74, 6) is 0.397. The van der Waals surface area contributed by atoms with Crippen LogP contribution in [0.3, 0.4) is 0 Å². The van der Waals surface area contributed by atoms with Crippen LogP contribution >= 0.6 is 0 Å². The number of alkyl halides is 6. The molecule has 0 radical (unpaired) electrons. The minimum Gasteiger partial charge on any atom is -0.370 e. The van der Waals surface area contributed by atoms with Crippen molar-refractivity contribution in [2.45, 2.75) is 69.3 Å². The van der Waals surface area contributed by atoms with Gasteiger partial charge in [0.25, 0.3) is 0 Å². The molecule has 5 nitrogen and oxygen atoms in total. The van der Waals surface area contributed by atoms with Crippen molar-refractivity contribution in [2.75, 3.05) is 6.61 Å². The van der Waals surface area contributed by atoms with E-state index in [0.717, 1.165) is 12.8 Å². The average Bonchev–Trinajstić information content (AvgIpc) is 3.52. The number of hydrogen-bond donors (Lipinski definition) is 0. The standard InChI is InChI=1S/C26H24F7N3O2/c1-14(16-9-17(25(28,29)30)11-18(10-16)26(31,32)33)38-22-12-23-34-35-24(21-3-2-8-37-21)36(23)13-20(22)15-4-6-19(27)7-5-15/h4-7,9-11,14,20-22H,2-3,8,12-13H2,1H3/t14-,20-,21?,22+/m1/s1. The minimum absolute atomic E-state index is 0.0905. The van der Waals surface area contributed by atoms with E-state index < -0.39 is 47.4 Å². The van der Waals surface area contributed by atoms with Crippen LogP contribution in [0, 0.1) is 5.82 Å². The molecule has 38 heavy (non-hydrogen) atoms. The van der Waals surface area contributed by atoms with Crippen LogP contribution in [-0.2, 0) is 34.8 Å². The van der Waals surface area contributed by atoms with Gasteiger partial charge in [-0.2, -0.15) is 26.3 Å². The first-order valence-electron chi connectivity index (χ1n) is 12.1. The van der Waals surface area contributed by atoms with E-state index in [-0.39, 0.29) is 24.2 Å². The minimum atomic E-state index is -4.97. The Kier molecular flexibility index (Phi) is 6.97. The van der Waals surface area contributed by atoms with Crippen LogP contribution in [0.2, 0.25) is 0 Å². The Morgan fingerprint density at radius 1 is 0.974 bits per heavy atom. The predicted octanol–water partition coefficient (Wildman–Crippen LogP) is 6.79. The third-order valence-electron chi connectivity index (χ3n) is 7.04. The Hall–Kier alpha value is -2.99. The van der Waals surface area contributed by atoms with Gasteiger partial charge in [0.2, 0.25) is 0 Å². The normalized spacial score (nSPS) is 22.9.